The fourth-order valence-electron chi connectivity index (χ4n) is 3.72. The number of methoxy groups -OCH3 is 2. The molecule has 0 saturated carbocycles. The summed E-state index contributed by atoms with van der Waals surface area (Å²) in [5.41, 5.74) is 5.95. The maximum Gasteiger partial charge on any atom is 0.330 e. The van der Waals surface area contributed by atoms with Gasteiger partial charge in [-0.3, -0.25) is 24.0 Å². The SMILES string of the molecule is COCCCN(C(=O)c1oc2ccc(OC)cc2c1C)c1c(N)n(CC(C)C)c(=O)[nH]c1=O. The highest BCUT2D eigenvalue weighted by Gasteiger charge is 2.29. The van der Waals surface area contributed by atoms with E-state index in [0.29, 0.717) is 29.9 Å². The second kappa shape index (κ2) is 9.95. The summed E-state index contributed by atoms with van der Waals surface area (Å²) < 4.78 is 17.5. The summed E-state index contributed by atoms with van der Waals surface area (Å²) in [7, 11) is 3.11. The molecule has 0 unspecified atom stereocenters. The van der Waals surface area contributed by atoms with Gasteiger partial charge in [0.2, 0.25) is 0 Å². The molecule has 10 nitrogen and oxygen atoms in total. The van der Waals surface area contributed by atoms with E-state index in [1.807, 2.05) is 13.8 Å². The van der Waals surface area contributed by atoms with Crippen molar-refractivity contribution < 1.29 is 18.7 Å². The number of rotatable bonds is 9. The Kier molecular flexibility index (Phi) is 7.27. The molecular weight excluding hydrogens is 428 g/mol. The zero-order chi connectivity index (χ0) is 24.3. The van der Waals surface area contributed by atoms with Crippen molar-refractivity contribution in [3.05, 3.63) is 50.4 Å². The second-order valence-corrected chi connectivity index (χ2v) is 8.22. The number of benzene rings is 1. The summed E-state index contributed by atoms with van der Waals surface area (Å²) in [5, 5.41) is 0.723. The number of hydrogen-bond acceptors (Lipinski definition) is 7. The van der Waals surface area contributed by atoms with E-state index in [4.69, 9.17) is 19.6 Å². The van der Waals surface area contributed by atoms with Crippen LogP contribution in [0.4, 0.5) is 11.5 Å². The number of anilines is 2. The van der Waals surface area contributed by atoms with Gasteiger partial charge in [0.1, 0.15) is 17.2 Å². The highest BCUT2D eigenvalue weighted by atomic mass is 16.5. The number of aryl methyl sites for hydroxylation is 1. The van der Waals surface area contributed by atoms with Crippen LogP contribution in [0.5, 0.6) is 5.75 Å². The Morgan fingerprint density at radius 2 is 2.00 bits per heavy atom. The van der Waals surface area contributed by atoms with Crippen LogP contribution in [0.15, 0.2) is 32.2 Å². The molecule has 3 aromatic rings. The van der Waals surface area contributed by atoms with Crippen LogP contribution in [0, 0.1) is 12.8 Å². The number of furan rings is 1. The van der Waals surface area contributed by atoms with Crippen LogP contribution in [-0.4, -0.2) is 42.8 Å². The van der Waals surface area contributed by atoms with Crippen molar-refractivity contribution >= 4 is 28.4 Å². The fourth-order valence-corrected chi connectivity index (χ4v) is 3.72. The minimum atomic E-state index is -0.737. The molecule has 0 atom stereocenters. The predicted molar refractivity (Wildman–Crippen MR) is 126 cm³/mol. The zero-order valence-electron chi connectivity index (χ0n) is 19.6. The van der Waals surface area contributed by atoms with Crippen LogP contribution < -0.4 is 26.6 Å². The summed E-state index contributed by atoms with van der Waals surface area (Å²) in [4.78, 5) is 42.4. The molecular formula is C23H30N4O6. The van der Waals surface area contributed by atoms with Gasteiger partial charge >= 0.3 is 5.69 Å². The van der Waals surface area contributed by atoms with E-state index < -0.39 is 17.2 Å². The Morgan fingerprint density at radius 3 is 2.64 bits per heavy atom. The zero-order valence-corrected chi connectivity index (χ0v) is 19.6. The van der Waals surface area contributed by atoms with Crippen LogP contribution in [-0.2, 0) is 11.3 Å². The highest BCUT2D eigenvalue weighted by Crippen LogP contribution is 2.31. The summed E-state index contributed by atoms with van der Waals surface area (Å²) in [6.07, 6.45) is 0.442. The number of carbonyl (C=O) groups is 1. The standard InChI is InChI=1S/C23H30N4O6/c1-13(2)12-27-20(24)18(21(28)25-23(27)30)26(9-6-10-31-4)22(29)19-14(3)16-11-15(32-5)7-8-17(16)33-19/h7-8,11,13H,6,9-10,12,24H2,1-5H3,(H,25,28,30). The summed E-state index contributed by atoms with van der Waals surface area (Å²) in [6, 6.07) is 5.24. The van der Waals surface area contributed by atoms with E-state index in [9.17, 15) is 14.4 Å². The molecule has 0 aliphatic carbocycles. The smallest absolute Gasteiger partial charge is 0.330 e. The molecule has 33 heavy (non-hydrogen) atoms. The first-order valence-corrected chi connectivity index (χ1v) is 10.7. The molecule has 0 radical (unpaired) electrons. The number of nitrogens with one attached hydrogen (secondary N) is 1. The van der Waals surface area contributed by atoms with Crippen molar-refractivity contribution in [2.45, 2.75) is 33.7 Å². The molecule has 3 N–H and O–H groups in total. The Morgan fingerprint density at radius 1 is 1.27 bits per heavy atom. The molecule has 178 valence electrons. The maximum atomic E-state index is 13.7. The Labute approximate surface area is 190 Å². The number of nitrogens with two attached hydrogens (primary N) is 1. The first-order chi connectivity index (χ1) is 15.7. The van der Waals surface area contributed by atoms with Crippen molar-refractivity contribution in [3.63, 3.8) is 0 Å². The number of ether oxygens (including phenoxy) is 2. The maximum absolute atomic E-state index is 13.7. The van der Waals surface area contributed by atoms with Crippen LogP contribution in [0.25, 0.3) is 11.0 Å². The van der Waals surface area contributed by atoms with Crippen LogP contribution in [0.3, 0.4) is 0 Å². The van der Waals surface area contributed by atoms with Crippen LogP contribution in [0.1, 0.15) is 36.4 Å². The molecule has 3 rings (SSSR count). The molecule has 1 amide bonds. The van der Waals surface area contributed by atoms with Gasteiger partial charge in [-0.1, -0.05) is 13.8 Å². The number of H-pyrrole nitrogens is 1. The van der Waals surface area contributed by atoms with E-state index in [1.54, 1.807) is 39.3 Å². The largest absolute Gasteiger partial charge is 0.497 e. The Hall–Kier alpha value is -3.53. The molecule has 0 aliphatic heterocycles. The first-order valence-electron chi connectivity index (χ1n) is 10.7. The summed E-state index contributed by atoms with van der Waals surface area (Å²) >= 11 is 0. The topological polar surface area (TPSA) is 133 Å². The third-order valence-electron chi connectivity index (χ3n) is 5.34. The molecule has 1 aromatic carbocycles. The molecule has 0 spiro atoms. The predicted octanol–water partition coefficient (Wildman–Crippen LogP) is 2.52. The van der Waals surface area contributed by atoms with Crippen molar-refractivity contribution in [3.8, 4) is 5.75 Å². The van der Waals surface area contributed by atoms with Gasteiger partial charge in [0, 0.05) is 37.8 Å². The number of nitrogens with zero attached hydrogens (tertiary/aromatic N) is 2. The fraction of sp³-hybridized carbons (Fsp3) is 0.435. The van der Waals surface area contributed by atoms with Crippen LogP contribution in [0.2, 0.25) is 0 Å². The summed E-state index contributed by atoms with van der Waals surface area (Å²) in [6.45, 7) is 6.40. The van der Waals surface area contributed by atoms with E-state index >= 15 is 0 Å². The van der Waals surface area contributed by atoms with Gasteiger partial charge in [-0.05, 0) is 37.5 Å². The number of hydrogen-bond donors (Lipinski definition) is 2. The van der Waals surface area contributed by atoms with E-state index in [0.717, 1.165) is 5.39 Å². The number of carbonyl (C=O) groups excluding carboxylic acids is 1. The molecule has 10 heteroatoms. The lowest BCUT2D eigenvalue weighted by molar-refractivity contribution is 0.0958. The van der Waals surface area contributed by atoms with Crippen molar-refractivity contribution in [2.75, 3.05) is 38.0 Å². The third-order valence-corrected chi connectivity index (χ3v) is 5.34. The summed E-state index contributed by atoms with van der Waals surface area (Å²) in [5.74, 6) is 0.193. The molecule has 0 fully saturated rings. The van der Waals surface area contributed by atoms with Gasteiger partial charge in [-0.2, -0.15) is 0 Å². The average Bonchev–Trinajstić information content (AvgIpc) is 3.10. The Bertz CT molecular complexity index is 1270. The van der Waals surface area contributed by atoms with Gasteiger partial charge in [-0.25, -0.2) is 4.79 Å². The normalized spacial score (nSPS) is 11.3. The third kappa shape index (κ3) is 4.80. The minimum Gasteiger partial charge on any atom is -0.497 e. The van der Waals surface area contributed by atoms with Gasteiger partial charge in [-0.15, -0.1) is 0 Å². The minimum absolute atomic E-state index is 0.0707. The first kappa shape index (κ1) is 24.1. The average molecular weight is 459 g/mol. The molecule has 0 bridgehead atoms. The van der Waals surface area contributed by atoms with Crippen molar-refractivity contribution in [1.82, 2.24) is 9.55 Å². The monoisotopic (exact) mass is 458 g/mol. The number of nitrogen functional groups attached to an aromatic ring is 1. The van der Waals surface area contributed by atoms with Crippen molar-refractivity contribution in [1.29, 1.82) is 0 Å². The van der Waals surface area contributed by atoms with E-state index in [1.165, 1.54) is 9.47 Å². The number of fused-ring (bicyclic) bond motifs is 1. The van der Waals surface area contributed by atoms with E-state index in [-0.39, 0.29) is 36.3 Å². The van der Waals surface area contributed by atoms with Gasteiger partial charge in [0.15, 0.2) is 11.4 Å². The molecule has 0 aliphatic rings. The van der Waals surface area contributed by atoms with Gasteiger partial charge in [0.25, 0.3) is 11.5 Å². The van der Waals surface area contributed by atoms with Gasteiger partial charge < -0.3 is 19.6 Å². The van der Waals surface area contributed by atoms with Gasteiger partial charge in [0.05, 0.1) is 7.11 Å². The lowest BCUT2D eigenvalue weighted by Crippen LogP contribution is -2.42. The van der Waals surface area contributed by atoms with E-state index in [2.05, 4.69) is 4.98 Å². The quantitative estimate of drug-likeness (QED) is 0.471. The van der Waals surface area contributed by atoms with Crippen molar-refractivity contribution in [2.24, 2.45) is 5.92 Å². The molecule has 2 aromatic heterocycles. The molecule has 2 heterocycles. The Balaban J connectivity index is 2.16. The number of aromatic amines is 1. The highest BCUT2D eigenvalue weighted by molar-refractivity contribution is 6.09. The lowest BCUT2D eigenvalue weighted by atomic mass is 10.1. The van der Waals surface area contributed by atoms with Crippen LogP contribution >= 0.6 is 0 Å². The number of aromatic nitrogens is 2. The molecule has 0 saturated heterocycles. The second-order valence-electron chi connectivity index (χ2n) is 8.22. The lowest BCUT2D eigenvalue weighted by Gasteiger charge is -2.24. The number of amides is 1.